The highest BCUT2D eigenvalue weighted by molar-refractivity contribution is 5.27. The fraction of sp³-hybridized carbons (Fsp3) is 0.538. The first-order valence-electron chi connectivity index (χ1n) is 5.87. The number of halogens is 3. The van der Waals surface area contributed by atoms with Crippen LogP contribution in [-0.4, -0.2) is 18.3 Å². The van der Waals surface area contributed by atoms with Gasteiger partial charge in [0.25, 0.3) is 0 Å². The van der Waals surface area contributed by atoms with Crippen molar-refractivity contribution in [1.29, 1.82) is 0 Å². The van der Waals surface area contributed by atoms with Crippen LogP contribution in [0.3, 0.4) is 0 Å². The Morgan fingerprint density at radius 3 is 2.11 bits per heavy atom. The van der Waals surface area contributed by atoms with Crippen LogP contribution in [0.2, 0.25) is 0 Å². The molecule has 0 aliphatic carbocycles. The Bertz CT molecular complexity index is 359. The van der Waals surface area contributed by atoms with Gasteiger partial charge in [0.05, 0.1) is 12.2 Å². The van der Waals surface area contributed by atoms with Crippen molar-refractivity contribution in [2.24, 2.45) is 5.92 Å². The van der Waals surface area contributed by atoms with E-state index in [0.717, 1.165) is 17.7 Å². The van der Waals surface area contributed by atoms with Gasteiger partial charge in [0.1, 0.15) is 0 Å². The molecule has 0 aliphatic rings. The quantitative estimate of drug-likeness (QED) is 0.854. The predicted molar refractivity (Wildman–Crippen MR) is 64.1 cm³/mol. The monoisotopic (exact) mass is 261 g/mol. The molecule has 1 aromatic carbocycles. The topological polar surface area (TPSA) is 32.3 Å². The van der Waals surface area contributed by atoms with Crippen molar-refractivity contribution in [3.63, 3.8) is 0 Å². The van der Waals surface area contributed by atoms with Gasteiger partial charge in [-0.1, -0.05) is 26.0 Å². The molecule has 5 heteroatoms. The molecule has 0 aromatic heterocycles. The van der Waals surface area contributed by atoms with Gasteiger partial charge in [0.2, 0.25) is 0 Å². The van der Waals surface area contributed by atoms with Crippen LogP contribution >= 0.6 is 0 Å². The van der Waals surface area contributed by atoms with Gasteiger partial charge in [0, 0.05) is 12.6 Å². The van der Waals surface area contributed by atoms with Crippen molar-refractivity contribution in [3.8, 4) is 0 Å². The van der Waals surface area contributed by atoms with Crippen molar-refractivity contribution >= 4 is 0 Å². The molecule has 2 nitrogen and oxygen atoms in total. The summed E-state index contributed by atoms with van der Waals surface area (Å²) in [4.78, 5) is 0. The van der Waals surface area contributed by atoms with Crippen LogP contribution in [0.15, 0.2) is 24.3 Å². The molecule has 0 spiro atoms. The fourth-order valence-corrected chi connectivity index (χ4v) is 1.84. The smallest absolute Gasteiger partial charge is 0.395 e. The van der Waals surface area contributed by atoms with Gasteiger partial charge in [-0.3, -0.25) is 0 Å². The molecular formula is C13H18F3NO. The average Bonchev–Trinajstić information content (AvgIpc) is 2.28. The molecule has 1 rings (SSSR count). The van der Waals surface area contributed by atoms with Gasteiger partial charge < -0.3 is 10.4 Å². The lowest BCUT2D eigenvalue weighted by molar-refractivity contribution is -0.137. The van der Waals surface area contributed by atoms with E-state index >= 15 is 0 Å². The third-order valence-corrected chi connectivity index (χ3v) is 2.74. The summed E-state index contributed by atoms with van der Waals surface area (Å²) in [6, 6.07) is 5.09. The molecule has 0 aliphatic heterocycles. The van der Waals surface area contributed by atoms with Crippen molar-refractivity contribution in [3.05, 3.63) is 35.4 Å². The van der Waals surface area contributed by atoms with E-state index in [1.807, 2.05) is 13.8 Å². The van der Waals surface area contributed by atoms with Crippen molar-refractivity contribution in [2.45, 2.75) is 26.1 Å². The minimum atomic E-state index is -4.30. The normalized spacial score (nSPS) is 13.9. The Hall–Kier alpha value is -1.07. The molecule has 1 unspecified atom stereocenters. The number of aliphatic hydroxyl groups is 1. The van der Waals surface area contributed by atoms with Gasteiger partial charge >= 0.3 is 6.18 Å². The number of nitrogens with one attached hydrogen (secondary N) is 1. The first kappa shape index (κ1) is 15.0. The second-order valence-electron chi connectivity index (χ2n) is 4.52. The summed E-state index contributed by atoms with van der Waals surface area (Å²) in [7, 11) is 0. The molecule has 0 heterocycles. The molecule has 0 saturated carbocycles. The molecular weight excluding hydrogens is 243 g/mol. The standard InChI is InChI=1S/C13H18F3NO/c1-9(2)12(17-7-8-18)10-3-5-11(6-4-10)13(14,15)16/h3-6,9,12,17-18H,7-8H2,1-2H3. The Labute approximate surface area is 105 Å². The maximum atomic E-state index is 12.4. The molecule has 2 N–H and O–H groups in total. The highest BCUT2D eigenvalue weighted by Gasteiger charge is 2.30. The molecule has 102 valence electrons. The van der Waals surface area contributed by atoms with Gasteiger partial charge in [-0.2, -0.15) is 13.2 Å². The van der Waals surface area contributed by atoms with Crippen molar-refractivity contribution in [1.82, 2.24) is 5.32 Å². The summed E-state index contributed by atoms with van der Waals surface area (Å²) in [6.45, 7) is 4.38. The second-order valence-corrected chi connectivity index (χ2v) is 4.52. The second kappa shape index (κ2) is 6.20. The Balaban J connectivity index is 2.87. The fourth-order valence-electron chi connectivity index (χ4n) is 1.84. The van der Waals surface area contributed by atoms with Crippen LogP contribution in [0.25, 0.3) is 0 Å². The van der Waals surface area contributed by atoms with Gasteiger partial charge in [0.15, 0.2) is 0 Å². The largest absolute Gasteiger partial charge is 0.416 e. The lowest BCUT2D eigenvalue weighted by Gasteiger charge is -2.23. The predicted octanol–water partition coefficient (Wildman–Crippen LogP) is 2.98. The average molecular weight is 261 g/mol. The van der Waals surface area contributed by atoms with Gasteiger partial charge in [-0.15, -0.1) is 0 Å². The van der Waals surface area contributed by atoms with E-state index in [9.17, 15) is 13.2 Å². The van der Waals surface area contributed by atoms with E-state index in [4.69, 9.17) is 5.11 Å². The first-order valence-corrected chi connectivity index (χ1v) is 5.87. The van der Waals surface area contributed by atoms with Crippen LogP contribution in [0.4, 0.5) is 13.2 Å². The maximum Gasteiger partial charge on any atom is 0.416 e. The summed E-state index contributed by atoms with van der Waals surface area (Å²) in [6.07, 6.45) is -4.30. The molecule has 0 saturated heterocycles. The third-order valence-electron chi connectivity index (χ3n) is 2.74. The SMILES string of the molecule is CC(C)C(NCCO)c1ccc(C(F)(F)F)cc1. The zero-order valence-corrected chi connectivity index (χ0v) is 10.5. The van der Waals surface area contributed by atoms with Crippen molar-refractivity contribution in [2.75, 3.05) is 13.2 Å². The lowest BCUT2D eigenvalue weighted by atomic mass is 9.95. The van der Waals surface area contributed by atoms with Crippen LogP contribution in [0, 0.1) is 5.92 Å². The van der Waals surface area contributed by atoms with Crippen LogP contribution in [0.5, 0.6) is 0 Å². The Morgan fingerprint density at radius 2 is 1.72 bits per heavy atom. The van der Waals surface area contributed by atoms with Crippen molar-refractivity contribution < 1.29 is 18.3 Å². The maximum absolute atomic E-state index is 12.4. The minimum Gasteiger partial charge on any atom is -0.395 e. The molecule has 0 radical (unpaired) electrons. The number of benzene rings is 1. The van der Waals surface area contributed by atoms with Crippen LogP contribution in [-0.2, 0) is 6.18 Å². The Kier molecular flexibility index (Phi) is 5.16. The minimum absolute atomic E-state index is 0.00382. The highest BCUT2D eigenvalue weighted by atomic mass is 19.4. The Morgan fingerprint density at radius 1 is 1.17 bits per heavy atom. The van der Waals surface area contributed by atoms with E-state index in [2.05, 4.69) is 5.32 Å². The number of rotatable bonds is 5. The summed E-state index contributed by atoms with van der Waals surface area (Å²) in [5.41, 5.74) is 0.155. The number of alkyl halides is 3. The summed E-state index contributed by atoms with van der Waals surface area (Å²) >= 11 is 0. The molecule has 1 aromatic rings. The molecule has 0 amide bonds. The van der Waals surface area contributed by atoms with E-state index in [1.54, 1.807) is 0 Å². The third kappa shape index (κ3) is 3.99. The molecule has 1 atom stereocenters. The van der Waals surface area contributed by atoms with Crippen LogP contribution < -0.4 is 5.32 Å². The molecule has 0 fully saturated rings. The lowest BCUT2D eigenvalue weighted by Crippen LogP contribution is -2.28. The van der Waals surface area contributed by atoms with Gasteiger partial charge in [-0.05, 0) is 23.6 Å². The number of aliphatic hydroxyl groups excluding tert-OH is 1. The molecule has 0 bridgehead atoms. The van der Waals surface area contributed by atoms with E-state index in [0.29, 0.717) is 6.54 Å². The summed E-state index contributed by atoms with van der Waals surface area (Å²) in [5, 5.41) is 11.9. The highest BCUT2D eigenvalue weighted by Crippen LogP contribution is 2.30. The number of hydrogen-bond donors (Lipinski definition) is 2. The van der Waals surface area contributed by atoms with E-state index in [-0.39, 0.29) is 18.6 Å². The summed E-state index contributed by atoms with van der Waals surface area (Å²) < 4.78 is 37.3. The van der Waals surface area contributed by atoms with Gasteiger partial charge in [-0.25, -0.2) is 0 Å². The van der Waals surface area contributed by atoms with Crippen LogP contribution in [0.1, 0.15) is 31.0 Å². The van der Waals surface area contributed by atoms with E-state index < -0.39 is 11.7 Å². The first-order chi connectivity index (χ1) is 8.36. The zero-order valence-electron chi connectivity index (χ0n) is 10.5. The zero-order chi connectivity index (χ0) is 13.8. The number of hydrogen-bond acceptors (Lipinski definition) is 2. The van der Waals surface area contributed by atoms with E-state index in [1.165, 1.54) is 12.1 Å². The summed E-state index contributed by atoms with van der Waals surface area (Å²) in [5.74, 6) is 0.230. The molecule has 18 heavy (non-hydrogen) atoms.